The fourth-order valence-corrected chi connectivity index (χ4v) is 18.7. The SMILES string of the molecule is COc1cc(C)[nH]c(=O)c1CNC(=O)c1c(C)n(-c2c(C)ccc3c2CCCC3)c2ccccc12.COc1cc(C)[nH]c(=O)c1CNC(=O)c1c(C)n(-c2c(C)ccc3ncccc23)c2ccccc12.COc1cc(C)[nH]c(=O)c1CNC(=O)c1c(C)n(C(C)c2ccccn2)c2ccccc12.COc1cc(C)[nH]c(=O)c1CNC(=O)c1c(C)n(C(C)c2cccnc2)c2ccccc12. The van der Waals surface area contributed by atoms with E-state index in [1.807, 2.05) is 167 Å². The molecule has 0 aliphatic heterocycles. The van der Waals surface area contributed by atoms with Gasteiger partial charge in [0.1, 0.15) is 23.0 Å². The van der Waals surface area contributed by atoms with E-state index in [0.29, 0.717) is 90.3 Å². The van der Waals surface area contributed by atoms with Crippen molar-refractivity contribution in [3.05, 3.63) is 378 Å². The highest BCUT2D eigenvalue weighted by Crippen LogP contribution is 2.40. The van der Waals surface area contributed by atoms with Crippen LogP contribution in [-0.2, 0) is 39.0 Å². The zero-order valence-corrected chi connectivity index (χ0v) is 78.0. The number of aromatic amines is 4. The van der Waals surface area contributed by atoms with Crippen molar-refractivity contribution >= 4 is 78.1 Å². The molecule has 6 aromatic carbocycles. The molecule has 11 aromatic heterocycles. The second-order valence-corrected chi connectivity index (χ2v) is 33.6. The van der Waals surface area contributed by atoms with Crippen molar-refractivity contribution in [2.75, 3.05) is 28.4 Å². The number of carbonyl (C=O) groups excluding carboxylic acids is 4. The molecule has 0 spiro atoms. The molecule has 4 amide bonds. The van der Waals surface area contributed by atoms with Gasteiger partial charge in [-0.3, -0.25) is 53.3 Å². The summed E-state index contributed by atoms with van der Waals surface area (Å²) < 4.78 is 30.1. The summed E-state index contributed by atoms with van der Waals surface area (Å²) >= 11 is 0. The highest BCUT2D eigenvalue weighted by molar-refractivity contribution is 6.12. The Morgan fingerprint density at radius 3 is 1.15 bits per heavy atom. The highest BCUT2D eigenvalue weighted by Gasteiger charge is 2.31. The number of nitrogens with one attached hydrogen (secondary N) is 8. The summed E-state index contributed by atoms with van der Waals surface area (Å²) in [5.74, 6) is 0.884. The third-order valence-corrected chi connectivity index (χ3v) is 25.1. The number of carbonyl (C=O) groups is 4. The normalized spacial score (nSPS) is 12.1. The molecule has 0 radical (unpaired) electrons. The molecule has 17 aromatic rings. The van der Waals surface area contributed by atoms with E-state index in [-0.39, 0.29) is 84.1 Å². The van der Waals surface area contributed by atoms with Gasteiger partial charge in [0.15, 0.2) is 0 Å². The van der Waals surface area contributed by atoms with Crippen LogP contribution in [0.2, 0.25) is 0 Å². The smallest absolute Gasteiger partial charge is 0.256 e. The molecule has 8 N–H and O–H groups in total. The Labute approximate surface area is 774 Å². The number of amides is 4. The first-order chi connectivity index (χ1) is 64.6. The van der Waals surface area contributed by atoms with Crippen molar-refractivity contribution < 1.29 is 38.1 Å². The number of rotatable bonds is 22. The van der Waals surface area contributed by atoms with Crippen LogP contribution in [0.5, 0.6) is 23.0 Å². The second-order valence-electron chi connectivity index (χ2n) is 33.6. The quantitative estimate of drug-likeness (QED) is 0.0313. The number of benzene rings is 6. The number of pyridine rings is 7. The van der Waals surface area contributed by atoms with E-state index >= 15 is 0 Å². The Morgan fingerprint density at radius 2 is 0.731 bits per heavy atom. The van der Waals surface area contributed by atoms with E-state index in [1.54, 1.807) is 70.6 Å². The predicted octanol–water partition coefficient (Wildman–Crippen LogP) is 17.6. The first kappa shape index (κ1) is 92.8. The lowest BCUT2D eigenvalue weighted by Crippen LogP contribution is -2.28. The molecule has 18 rings (SSSR count). The molecule has 0 saturated carbocycles. The van der Waals surface area contributed by atoms with Crippen LogP contribution in [0.25, 0.3) is 65.9 Å². The molecular formula is C107H109N15O12. The number of aromatic nitrogens is 11. The van der Waals surface area contributed by atoms with Crippen molar-refractivity contribution in [2.45, 2.75) is 147 Å². The van der Waals surface area contributed by atoms with Crippen molar-refractivity contribution in [3.8, 4) is 34.4 Å². The van der Waals surface area contributed by atoms with Gasteiger partial charge < -0.3 is 78.4 Å². The lowest BCUT2D eigenvalue weighted by molar-refractivity contribution is 0.0943. The molecule has 134 heavy (non-hydrogen) atoms. The van der Waals surface area contributed by atoms with Crippen molar-refractivity contribution in [1.82, 2.24) is 74.4 Å². The molecule has 11 heterocycles. The Kier molecular flexibility index (Phi) is 27.8. The van der Waals surface area contributed by atoms with Gasteiger partial charge in [0.25, 0.3) is 45.9 Å². The molecule has 2 atom stereocenters. The standard InChI is InChI=1S/C29H31N3O3.C28H26N4O3.2C25H26N4O3/c1-17-13-14-20-9-5-6-10-21(20)27(17)32-19(3)26(22-11-7-8-12-24(22)32)29(34)30-16-23-25(35-4)15-18(2)31-28(23)33;1-16-11-12-22-19(9-7-13-29-22)26(16)32-18(3)25(20-8-5-6-10-23(20)32)28(34)30-15-21-24(35-4)14-17(2)31-27(21)33;1-15-13-22(32-4)19(24(30)28-15)14-27-25(31)23-17(3)29(21-11-6-5-9-18(21)23)16(2)20-10-7-8-12-26-20;1-15-12-22(32-4)20(24(30)28-15)14-27-25(31)23-17(3)29(21-10-6-5-9-19(21)23)16(2)18-8-7-11-26-13-18/h7-8,11-15H,5-6,9-10,16H2,1-4H3,(H,30,34)(H,31,33);5-14H,15H2,1-4H3,(H,30,34)(H,31,33);2*5-13,16H,14H2,1-4H3,(H,27,31)(H,28,30). The van der Waals surface area contributed by atoms with Crippen molar-refractivity contribution in [2.24, 2.45) is 0 Å². The maximum Gasteiger partial charge on any atom is 0.256 e. The van der Waals surface area contributed by atoms with Gasteiger partial charge in [-0.05, 0) is 222 Å². The fraction of sp³-hybridized carbons (Fsp3) is 0.243. The third-order valence-electron chi connectivity index (χ3n) is 25.1. The van der Waals surface area contributed by atoms with Crippen molar-refractivity contribution in [1.29, 1.82) is 0 Å². The average Bonchev–Trinajstić information content (AvgIpc) is 1.59. The zero-order valence-electron chi connectivity index (χ0n) is 78.0. The molecule has 0 saturated heterocycles. The van der Waals surface area contributed by atoms with Crippen LogP contribution in [0.4, 0.5) is 0 Å². The molecule has 27 heteroatoms. The number of fused-ring (bicyclic) bond motifs is 6. The first-order valence-electron chi connectivity index (χ1n) is 44.5. The maximum atomic E-state index is 13.6. The zero-order chi connectivity index (χ0) is 95.0. The summed E-state index contributed by atoms with van der Waals surface area (Å²) in [7, 11) is 6.06. The van der Waals surface area contributed by atoms with Crippen LogP contribution < -0.4 is 62.5 Å². The molecule has 27 nitrogen and oxygen atoms in total. The van der Waals surface area contributed by atoms with E-state index < -0.39 is 0 Å². The number of nitrogens with zero attached hydrogens (tertiary/aromatic N) is 7. The molecule has 684 valence electrons. The van der Waals surface area contributed by atoms with Crippen LogP contribution >= 0.6 is 0 Å². The minimum absolute atomic E-state index is 0.00446. The second kappa shape index (κ2) is 40.2. The monoisotopic (exact) mass is 1800 g/mol. The summed E-state index contributed by atoms with van der Waals surface area (Å²) in [6, 6.07) is 60.8. The van der Waals surface area contributed by atoms with Gasteiger partial charge in [0, 0.05) is 108 Å². The van der Waals surface area contributed by atoms with E-state index in [1.165, 1.54) is 63.7 Å². The topological polar surface area (TPSA) is 343 Å². The summed E-state index contributed by atoms with van der Waals surface area (Å²) in [5.41, 5.74) is 23.1. The first-order valence-corrected chi connectivity index (χ1v) is 44.5. The lowest BCUT2D eigenvalue weighted by Gasteiger charge is -2.23. The van der Waals surface area contributed by atoms with Gasteiger partial charge in [-0.15, -0.1) is 0 Å². The molecule has 1 aliphatic rings. The highest BCUT2D eigenvalue weighted by atomic mass is 16.5. The predicted molar refractivity (Wildman–Crippen MR) is 525 cm³/mol. The minimum atomic E-state index is -0.278. The van der Waals surface area contributed by atoms with Crippen LogP contribution in [0.1, 0.15) is 182 Å². The summed E-state index contributed by atoms with van der Waals surface area (Å²) in [6.07, 6.45) is 11.7. The number of para-hydroxylation sites is 4. The molecular weight excluding hydrogens is 1690 g/mol. The van der Waals surface area contributed by atoms with Gasteiger partial charge in [-0.1, -0.05) is 103 Å². The number of ether oxygens (including phenoxy) is 4. The average molecular weight is 1800 g/mol. The van der Waals surface area contributed by atoms with E-state index in [2.05, 4.69) is 132 Å². The van der Waals surface area contributed by atoms with E-state index in [0.717, 1.165) is 113 Å². The van der Waals surface area contributed by atoms with E-state index in [9.17, 15) is 38.4 Å². The number of H-pyrrole nitrogens is 4. The van der Waals surface area contributed by atoms with Crippen molar-refractivity contribution in [3.63, 3.8) is 0 Å². The van der Waals surface area contributed by atoms with Gasteiger partial charge in [0.05, 0.1) is 145 Å². The number of hydrogen-bond donors (Lipinski definition) is 8. The van der Waals surface area contributed by atoms with Crippen LogP contribution in [0, 0.1) is 69.2 Å². The van der Waals surface area contributed by atoms with Gasteiger partial charge in [-0.2, -0.15) is 0 Å². The fourth-order valence-electron chi connectivity index (χ4n) is 18.7. The molecule has 1 aliphatic carbocycles. The molecule has 2 unspecified atom stereocenters. The summed E-state index contributed by atoms with van der Waals surface area (Å²) in [5, 5.41) is 16.2. The third kappa shape index (κ3) is 18.5. The number of hydrogen-bond acceptors (Lipinski definition) is 15. The van der Waals surface area contributed by atoms with E-state index in [4.69, 9.17) is 18.9 Å². The Bertz CT molecular complexity index is 7430. The minimum Gasteiger partial charge on any atom is -0.496 e. The molecule has 0 fully saturated rings. The van der Waals surface area contributed by atoms with Crippen LogP contribution in [0.3, 0.4) is 0 Å². The van der Waals surface area contributed by atoms with Gasteiger partial charge in [0.2, 0.25) is 0 Å². The summed E-state index contributed by atoms with van der Waals surface area (Å²) in [4.78, 5) is 128. The van der Waals surface area contributed by atoms with Gasteiger partial charge >= 0.3 is 0 Å². The van der Waals surface area contributed by atoms with Crippen LogP contribution in [0.15, 0.2) is 232 Å². The van der Waals surface area contributed by atoms with Crippen LogP contribution in [-0.4, -0.2) is 105 Å². The molecule has 0 bridgehead atoms. The number of aryl methyl sites for hydroxylation is 7. The largest absolute Gasteiger partial charge is 0.496 e. The lowest BCUT2D eigenvalue weighted by atomic mass is 9.88. The number of methoxy groups -OCH3 is 4. The Hall–Kier alpha value is -15.9. The maximum absolute atomic E-state index is 13.6. The Balaban J connectivity index is 0.000000136. The summed E-state index contributed by atoms with van der Waals surface area (Å²) in [6.45, 7) is 23.6. The van der Waals surface area contributed by atoms with Gasteiger partial charge in [-0.25, -0.2) is 0 Å². The Morgan fingerprint density at radius 1 is 0.373 bits per heavy atom.